The monoisotopic (exact) mass is 321 g/mol. The molecule has 1 amide bonds. The summed E-state index contributed by atoms with van der Waals surface area (Å²) in [5.74, 6) is -0.0945. The standard InChI is InChI=1S/C18H19N5O/c1-22-11-14(9-20-22)17-5-3-2-4-13(17)8-19-18(24)15-10-21-23(12-15)16-6-7-16/h2-5,9-12,16H,6-8H2,1H3,(H,19,24). The van der Waals surface area contributed by atoms with Gasteiger partial charge in [0.1, 0.15) is 0 Å². The van der Waals surface area contributed by atoms with Gasteiger partial charge in [-0.2, -0.15) is 10.2 Å². The molecule has 1 fully saturated rings. The Balaban J connectivity index is 1.48. The zero-order chi connectivity index (χ0) is 16.5. The predicted molar refractivity (Wildman–Crippen MR) is 90.3 cm³/mol. The summed E-state index contributed by atoms with van der Waals surface area (Å²) in [7, 11) is 1.89. The average Bonchev–Trinajstić information content (AvgIpc) is 3.16. The molecule has 1 aliphatic carbocycles. The van der Waals surface area contributed by atoms with Crippen molar-refractivity contribution in [3.05, 3.63) is 60.2 Å². The fourth-order valence-electron chi connectivity index (χ4n) is 2.79. The Kier molecular flexibility index (Phi) is 3.65. The summed E-state index contributed by atoms with van der Waals surface area (Å²) in [5.41, 5.74) is 3.80. The van der Waals surface area contributed by atoms with E-state index in [0.717, 1.165) is 29.5 Å². The van der Waals surface area contributed by atoms with Crippen LogP contribution in [0, 0.1) is 0 Å². The lowest BCUT2D eigenvalue weighted by molar-refractivity contribution is 0.0951. The quantitative estimate of drug-likeness (QED) is 0.785. The number of benzene rings is 1. The predicted octanol–water partition coefficient (Wildman–Crippen LogP) is 2.55. The fraction of sp³-hybridized carbons (Fsp3) is 0.278. The molecule has 0 radical (unpaired) electrons. The molecule has 4 rings (SSSR count). The smallest absolute Gasteiger partial charge is 0.254 e. The van der Waals surface area contributed by atoms with Crippen molar-refractivity contribution in [2.45, 2.75) is 25.4 Å². The molecule has 6 nitrogen and oxygen atoms in total. The lowest BCUT2D eigenvalue weighted by Crippen LogP contribution is -2.22. The maximum absolute atomic E-state index is 12.3. The molecule has 0 atom stereocenters. The van der Waals surface area contributed by atoms with Crippen LogP contribution in [-0.2, 0) is 13.6 Å². The molecule has 1 saturated carbocycles. The lowest BCUT2D eigenvalue weighted by Gasteiger charge is -2.09. The van der Waals surface area contributed by atoms with Crippen LogP contribution in [0.25, 0.3) is 11.1 Å². The van der Waals surface area contributed by atoms with E-state index in [1.807, 2.05) is 54.6 Å². The molecular weight excluding hydrogens is 302 g/mol. The van der Waals surface area contributed by atoms with E-state index in [2.05, 4.69) is 15.5 Å². The highest BCUT2D eigenvalue weighted by molar-refractivity contribution is 5.93. The first-order chi connectivity index (χ1) is 11.7. The SMILES string of the molecule is Cn1cc(-c2ccccc2CNC(=O)c2cnn(C3CC3)c2)cn1. The second kappa shape index (κ2) is 5.96. The first kappa shape index (κ1) is 14.7. The maximum atomic E-state index is 12.3. The Morgan fingerprint density at radius 1 is 1.21 bits per heavy atom. The van der Waals surface area contributed by atoms with Gasteiger partial charge in [-0.15, -0.1) is 0 Å². The van der Waals surface area contributed by atoms with Crippen LogP contribution < -0.4 is 5.32 Å². The average molecular weight is 321 g/mol. The molecule has 0 aliphatic heterocycles. The normalized spacial score (nSPS) is 13.9. The molecule has 0 bridgehead atoms. The van der Waals surface area contributed by atoms with Gasteiger partial charge in [-0.05, 0) is 24.0 Å². The highest BCUT2D eigenvalue weighted by atomic mass is 16.1. The molecule has 0 spiro atoms. The van der Waals surface area contributed by atoms with Crippen molar-refractivity contribution in [1.82, 2.24) is 24.9 Å². The van der Waals surface area contributed by atoms with Crippen molar-refractivity contribution in [2.24, 2.45) is 7.05 Å². The Hall–Kier alpha value is -2.89. The Morgan fingerprint density at radius 2 is 2.04 bits per heavy atom. The van der Waals surface area contributed by atoms with Crippen molar-refractivity contribution in [3.63, 3.8) is 0 Å². The van der Waals surface area contributed by atoms with Gasteiger partial charge < -0.3 is 5.32 Å². The summed E-state index contributed by atoms with van der Waals surface area (Å²) in [6.07, 6.45) is 9.59. The molecule has 0 saturated heterocycles. The molecule has 24 heavy (non-hydrogen) atoms. The van der Waals surface area contributed by atoms with E-state index in [0.29, 0.717) is 18.2 Å². The van der Waals surface area contributed by atoms with Crippen LogP contribution in [0.1, 0.15) is 34.8 Å². The van der Waals surface area contributed by atoms with E-state index in [4.69, 9.17) is 0 Å². The number of aryl methyl sites for hydroxylation is 1. The van der Waals surface area contributed by atoms with Crippen LogP contribution in [0.4, 0.5) is 0 Å². The van der Waals surface area contributed by atoms with Gasteiger partial charge in [0, 0.05) is 31.5 Å². The summed E-state index contributed by atoms with van der Waals surface area (Å²) < 4.78 is 3.66. The number of hydrogen-bond acceptors (Lipinski definition) is 3. The number of carbonyl (C=O) groups is 1. The largest absolute Gasteiger partial charge is 0.348 e. The van der Waals surface area contributed by atoms with Gasteiger partial charge in [0.2, 0.25) is 0 Å². The van der Waals surface area contributed by atoms with Crippen molar-refractivity contribution < 1.29 is 4.79 Å². The fourth-order valence-corrected chi connectivity index (χ4v) is 2.79. The van der Waals surface area contributed by atoms with Gasteiger partial charge in [0.15, 0.2) is 0 Å². The Bertz CT molecular complexity index is 875. The molecular formula is C18H19N5O. The highest BCUT2D eigenvalue weighted by Gasteiger charge is 2.25. The van der Waals surface area contributed by atoms with Crippen molar-refractivity contribution >= 4 is 5.91 Å². The second-order valence-electron chi connectivity index (χ2n) is 6.18. The van der Waals surface area contributed by atoms with Crippen LogP contribution in [0.3, 0.4) is 0 Å². The summed E-state index contributed by atoms with van der Waals surface area (Å²) >= 11 is 0. The molecule has 2 heterocycles. The van der Waals surface area contributed by atoms with E-state index in [-0.39, 0.29) is 5.91 Å². The zero-order valence-corrected chi connectivity index (χ0v) is 13.5. The topological polar surface area (TPSA) is 64.7 Å². The zero-order valence-electron chi connectivity index (χ0n) is 13.5. The van der Waals surface area contributed by atoms with Crippen molar-refractivity contribution in [3.8, 4) is 11.1 Å². The van der Waals surface area contributed by atoms with E-state index < -0.39 is 0 Å². The summed E-state index contributed by atoms with van der Waals surface area (Å²) in [6.45, 7) is 0.471. The molecule has 0 unspecified atom stereocenters. The number of rotatable bonds is 5. The third-order valence-electron chi connectivity index (χ3n) is 4.26. The van der Waals surface area contributed by atoms with Gasteiger partial charge in [0.25, 0.3) is 5.91 Å². The number of nitrogens with one attached hydrogen (secondary N) is 1. The van der Waals surface area contributed by atoms with Gasteiger partial charge >= 0.3 is 0 Å². The number of hydrogen-bond donors (Lipinski definition) is 1. The first-order valence-electron chi connectivity index (χ1n) is 8.10. The van der Waals surface area contributed by atoms with Crippen LogP contribution in [0.15, 0.2) is 49.1 Å². The minimum absolute atomic E-state index is 0.0945. The van der Waals surface area contributed by atoms with E-state index in [1.165, 1.54) is 0 Å². The highest BCUT2D eigenvalue weighted by Crippen LogP contribution is 2.34. The molecule has 122 valence electrons. The minimum Gasteiger partial charge on any atom is -0.348 e. The molecule has 1 aliphatic rings. The Labute approximate surface area is 140 Å². The second-order valence-corrected chi connectivity index (χ2v) is 6.18. The summed E-state index contributed by atoms with van der Waals surface area (Å²) in [6, 6.07) is 8.53. The van der Waals surface area contributed by atoms with Gasteiger partial charge in [-0.25, -0.2) is 0 Å². The number of amides is 1. The van der Waals surface area contributed by atoms with Gasteiger partial charge in [0.05, 0.1) is 24.0 Å². The van der Waals surface area contributed by atoms with Crippen LogP contribution >= 0.6 is 0 Å². The van der Waals surface area contributed by atoms with Crippen LogP contribution in [0.2, 0.25) is 0 Å². The lowest BCUT2D eigenvalue weighted by atomic mass is 10.0. The number of nitrogens with zero attached hydrogens (tertiary/aromatic N) is 4. The Morgan fingerprint density at radius 3 is 2.79 bits per heavy atom. The third kappa shape index (κ3) is 2.95. The van der Waals surface area contributed by atoms with E-state index in [9.17, 15) is 4.79 Å². The van der Waals surface area contributed by atoms with E-state index >= 15 is 0 Å². The van der Waals surface area contributed by atoms with E-state index in [1.54, 1.807) is 10.9 Å². The minimum atomic E-state index is -0.0945. The molecule has 2 aromatic heterocycles. The molecule has 1 aromatic carbocycles. The number of aromatic nitrogens is 4. The molecule has 6 heteroatoms. The maximum Gasteiger partial charge on any atom is 0.254 e. The summed E-state index contributed by atoms with van der Waals surface area (Å²) in [4.78, 5) is 12.3. The molecule has 1 N–H and O–H groups in total. The van der Waals surface area contributed by atoms with Gasteiger partial charge in [-0.3, -0.25) is 14.2 Å². The molecule has 3 aromatic rings. The van der Waals surface area contributed by atoms with Crippen molar-refractivity contribution in [1.29, 1.82) is 0 Å². The van der Waals surface area contributed by atoms with Gasteiger partial charge in [-0.1, -0.05) is 24.3 Å². The summed E-state index contributed by atoms with van der Waals surface area (Å²) in [5, 5.41) is 11.5. The first-order valence-corrected chi connectivity index (χ1v) is 8.10. The third-order valence-corrected chi connectivity index (χ3v) is 4.26. The van der Waals surface area contributed by atoms with Crippen molar-refractivity contribution in [2.75, 3.05) is 0 Å². The van der Waals surface area contributed by atoms with Crippen LogP contribution in [-0.4, -0.2) is 25.5 Å². The van der Waals surface area contributed by atoms with Crippen LogP contribution in [0.5, 0.6) is 0 Å². The number of carbonyl (C=O) groups excluding carboxylic acids is 1.